The van der Waals surface area contributed by atoms with Crippen molar-refractivity contribution >= 4 is 12.1 Å². The zero-order valence-electron chi connectivity index (χ0n) is 17.2. The fourth-order valence-corrected chi connectivity index (χ4v) is 3.05. The number of benzene rings is 3. The molecule has 0 atom stereocenters. The Morgan fingerprint density at radius 2 is 1.37 bits per heavy atom. The molecule has 30 heavy (non-hydrogen) atoms. The molecule has 0 radical (unpaired) electrons. The lowest BCUT2D eigenvalue weighted by Gasteiger charge is -2.13. The molecule has 0 aliphatic rings. The first-order valence-electron chi connectivity index (χ1n) is 9.21. The van der Waals surface area contributed by atoms with Crippen molar-refractivity contribution in [1.29, 1.82) is 0 Å². The summed E-state index contributed by atoms with van der Waals surface area (Å²) in [5.41, 5.74) is 2.41. The molecule has 0 aliphatic heterocycles. The summed E-state index contributed by atoms with van der Waals surface area (Å²) >= 11 is 0. The first-order valence-corrected chi connectivity index (χ1v) is 9.21. The number of nitrogens with zero attached hydrogens (tertiary/aromatic N) is 1. The van der Waals surface area contributed by atoms with Crippen molar-refractivity contribution < 1.29 is 36.0 Å². The molecule has 0 bridgehead atoms. The third kappa shape index (κ3) is 5.39. The second kappa shape index (κ2) is 11.0. The Balaban J connectivity index is 0.00000320. The third-order valence-corrected chi connectivity index (χ3v) is 4.47. The summed E-state index contributed by atoms with van der Waals surface area (Å²) in [5.74, 6) is 1.16. The van der Waals surface area contributed by atoms with Crippen LogP contribution < -0.4 is 26.6 Å². The molecule has 0 spiro atoms. The monoisotopic (exact) mass is 425 g/mol. The van der Waals surface area contributed by atoms with Crippen LogP contribution in [0.4, 0.5) is 0 Å². The molecule has 156 valence electrons. The van der Waals surface area contributed by atoms with E-state index in [-0.39, 0.29) is 18.3 Å². The van der Waals surface area contributed by atoms with Gasteiger partial charge in [-0.05, 0) is 12.1 Å². The number of amides is 1. The van der Waals surface area contributed by atoms with Crippen molar-refractivity contribution in [3.8, 4) is 17.2 Å². The van der Waals surface area contributed by atoms with Crippen molar-refractivity contribution in [2.75, 3.05) is 21.3 Å². The van der Waals surface area contributed by atoms with Crippen LogP contribution in [0.15, 0.2) is 72.8 Å². The highest BCUT2D eigenvalue weighted by Gasteiger charge is 2.25. The van der Waals surface area contributed by atoms with Crippen LogP contribution in [0.1, 0.15) is 21.5 Å². The Bertz CT molecular complexity index is 979. The van der Waals surface area contributed by atoms with Gasteiger partial charge >= 0.3 is 5.91 Å². The Morgan fingerprint density at radius 3 is 1.87 bits per heavy atom. The molecule has 5 nitrogen and oxygen atoms in total. The van der Waals surface area contributed by atoms with Crippen molar-refractivity contribution in [2.24, 2.45) is 0 Å². The van der Waals surface area contributed by atoms with E-state index in [1.807, 2.05) is 66.9 Å². The molecule has 0 saturated carbocycles. The molecule has 0 fully saturated rings. The van der Waals surface area contributed by atoms with Gasteiger partial charge in [0.15, 0.2) is 24.3 Å². The zero-order chi connectivity index (χ0) is 20.6. The standard InChI is InChI=1S/C24H24NO4.ClH/c1-27-21-14-20(15-22(28-2)23(21)29-3)24(26)25(16-18-10-6-4-7-11-18)17-19-12-8-5-9-13-19;/h4-16H,17H2,1-3H3;1H/q+1;/p-1. The Kier molecular flexibility index (Phi) is 8.44. The lowest BCUT2D eigenvalue weighted by atomic mass is 10.1. The molecular weight excluding hydrogens is 402 g/mol. The van der Waals surface area contributed by atoms with Crippen molar-refractivity contribution in [3.05, 3.63) is 89.5 Å². The average molecular weight is 426 g/mol. The molecule has 0 saturated heterocycles. The van der Waals surface area contributed by atoms with Gasteiger partial charge in [0, 0.05) is 23.3 Å². The van der Waals surface area contributed by atoms with Gasteiger partial charge < -0.3 is 26.6 Å². The fraction of sp³-hybridized carbons (Fsp3) is 0.167. The van der Waals surface area contributed by atoms with E-state index < -0.39 is 0 Å². The Hall–Kier alpha value is -3.31. The van der Waals surface area contributed by atoms with Gasteiger partial charge in [-0.3, -0.25) is 0 Å². The zero-order valence-corrected chi connectivity index (χ0v) is 17.9. The van der Waals surface area contributed by atoms with Crippen LogP contribution in [-0.4, -0.2) is 38.0 Å². The predicted molar refractivity (Wildman–Crippen MR) is 112 cm³/mol. The average Bonchev–Trinajstić information content (AvgIpc) is 2.78. The molecule has 0 unspecified atom stereocenters. The number of hydrogen-bond donors (Lipinski definition) is 0. The predicted octanol–water partition coefficient (Wildman–Crippen LogP) is 1.19. The number of carbonyl (C=O) groups excluding carboxylic acids is 1. The maximum atomic E-state index is 13.4. The van der Waals surface area contributed by atoms with Crippen molar-refractivity contribution in [1.82, 2.24) is 0 Å². The molecular formula is C24H24ClNO4. The molecule has 0 N–H and O–H groups in total. The summed E-state index contributed by atoms with van der Waals surface area (Å²) in [6, 6.07) is 22.9. The SMILES string of the molecule is COc1cc(C(=O)[N+](=Cc2ccccc2)Cc2ccccc2)cc(OC)c1OC.[Cl-]. The maximum Gasteiger partial charge on any atom is 0.419 e. The van der Waals surface area contributed by atoms with Gasteiger partial charge in [0.25, 0.3) is 0 Å². The quantitative estimate of drug-likeness (QED) is 0.421. The minimum absolute atomic E-state index is 0. The van der Waals surface area contributed by atoms with E-state index in [2.05, 4.69) is 0 Å². The van der Waals surface area contributed by atoms with E-state index in [1.54, 1.807) is 16.7 Å². The van der Waals surface area contributed by atoms with Crippen LogP contribution in [0.3, 0.4) is 0 Å². The molecule has 3 aromatic carbocycles. The number of ether oxygens (including phenoxy) is 3. The van der Waals surface area contributed by atoms with E-state index >= 15 is 0 Å². The van der Waals surface area contributed by atoms with Crippen LogP contribution in [0.25, 0.3) is 0 Å². The molecule has 3 aromatic rings. The highest BCUT2D eigenvalue weighted by molar-refractivity contribution is 5.93. The van der Waals surface area contributed by atoms with Crippen LogP contribution in [0.5, 0.6) is 17.2 Å². The summed E-state index contributed by atoms with van der Waals surface area (Å²) in [5, 5.41) is 0. The highest BCUT2D eigenvalue weighted by Crippen LogP contribution is 2.38. The first kappa shape index (κ1) is 23.0. The summed E-state index contributed by atoms with van der Waals surface area (Å²) in [6.07, 6.45) is 1.85. The summed E-state index contributed by atoms with van der Waals surface area (Å²) in [6.45, 7) is 0.436. The number of halogens is 1. The van der Waals surface area contributed by atoms with Crippen molar-refractivity contribution in [2.45, 2.75) is 6.54 Å². The summed E-state index contributed by atoms with van der Waals surface area (Å²) < 4.78 is 17.8. The van der Waals surface area contributed by atoms with Crippen LogP contribution in [-0.2, 0) is 6.54 Å². The molecule has 0 aromatic heterocycles. The second-order valence-corrected chi connectivity index (χ2v) is 6.37. The van der Waals surface area contributed by atoms with Crippen molar-refractivity contribution in [3.63, 3.8) is 0 Å². The highest BCUT2D eigenvalue weighted by atomic mass is 35.5. The van der Waals surface area contributed by atoms with Gasteiger partial charge in [0.05, 0.1) is 26.9 Å². The van der Waals surface area contributed by atoms with Gasteiger partial charge in [-0.25, -0.2) is 4.79 Å². The first-order chi connectivity index (χ1) is 14.2. The fourth-order valence-electron chi connectivity index (χ4n) is 3.05. The normalized spacial score (nSPS) is 10.7. The van der Waals surface area contributed by atoms with E-state index in [4.69, 9.17) is 14.2 Å². The minimum Gasteiger partial charge on any atom is -1.00 e. The number of hydrogen-bond acceptors (Lipinski definition) is 4. The lowest BCUT2D eigenvalue weighted by molar-refractivity contribution is -0.440. The van der Waals surface area contributed by atoms with Crippen LogP contribution in [0.2, 0.25) is 0 Å². The number of carbonyl (C=O) groups is 1. The van der Waals surface area contributed by atoms with E-state index in [0.29, 0.717) is 29.4 Å². The van der Waals surface area contributed by atoms with E-state index in [9.17, 15) is 4.79 Å². The molecule has 3 rings (SSSR count). The summed E-state index contributed by atoms with van der Waals surface area (Å²) in [4.78, 5) is 13.4. The smallest absolute Gasteiger partial charge is 0.419 e. The van der Waals surface area contributed by atoms with Crippen LogP contribution in [0, 0.1) is 0 Å². The van der Waals surface area contributed by atoms with Gasteiger partial charge in [0.2, 0.25) is 5.75 Å². The lowest BCUT2D eigenvalue weighted by Crippen LogP contribution is -3.00. The molecule has 1 amide bonds. The van der Waals surface area contributed by atoms with Gasteiger partial charge in [-0.2, -0.15) is 4.58 Å². The summed E-state index contributed by atoms with van der Waals surface area (Å²) in [7, 11) is 4.60. The van der Waals surface area contributed by atoms with Gasteiger partial charge in [0.1, 0.15) is 0 Å². The minimum atomic E-state index is -0.169. The Labute approximate surface area is 182 Å². The van der Waals surface area contributed by atoms with Gasteiger partial charge in [-0.15, -0.1) is 0 Å². The number of rotatable bonds is 7. The van der Waals surface area contributed by atoms with E-state index in [1.165, 1.54) is 21.3 Å². The second-order valence-electron chi connectivity index (χ2n) is 6.37. The maximum absolute atomic E-state index is 13.4. The number of methoxy groups -OCH3 is 3. The molecule has 6 heteroatoms. The van der Waals surface area contributed by atoms with E-state index in [0.717, 1.165) is 11.1 Å². The largest absolute Gasteiger partial charge is 1.00 e. The van der Waals surface area contributed by atoms with Crippen LogP contribution >= 0.6 is 0 Å². The van der Waals surface area contributed by atoms with Gasteiger partial charge in [-0.1, -0.05) is 48.5 Å². The Morgan fingerprint density at radius 1 is 0.833 bits per heavy atom. The topological polar surface area (TPSA) is 47.8 Å². The third-order valence-electron chi connectivity index (χ3n) is 4.47. The molecule has 0 aliphatic carbocycles. The molecule has 0 heterocycles.